The molecule has 0 heterocycles. The largest absolute Gasteiger partial charge is 0.226 e. The van der Waals surface area contributed by atoms with E-state index in [9.17, 15) is 4.39 Å². The SMILES string of the molecule is CC=CC(C)(C=CC)CC(F)(Cl)C(C)(C)C. The average molecular weight is 247 g/mol. The normalized spacial score (nSPS) is 21.2. The maximum absolute atomic E-state index is 14.4. The summed E-state index contributed by atoms with van der Waals surface area (Å²) in [6.45, 7) is 11.3. The molecule has 0 aromatic heterocycles. The van der Waals surface area contributed by atoms with E-state index in [-0.39, 0.29) is 11.8 Å². The van der Waals surface area contributed by atoms with Crippen LogP contribution in [-0.2, 0) is 0 Å². The van der Waals surface area contributed by atoms with Crippen molar-refractivity contribution in [2.24, 2.45) is 10.8 Å². The van der Waals surface area contributed by atoms with Gasteiger partial charge in [-0.2, -0.15) is 0 Å². The minimum absolute atomic E-state index is 0.278. The Labute approximate surface area is 105 Å². The fourth-order valence-electron chi connectivity index (χ4n) is 1.68. The zero-order valence-corrected chi connectivity index (χ0v) is 12.0. The summed E-state index contributed by atoms with van der Waals surface area (Å²) in [5.74, 6) is 0. The van der Waals surface area contributed by atoms with Crippen molar-refractivity contribution >= 4 is 11.6 Å². The molecule has 0 saturated carbocycles. The Balaban J connectivity index is 5.04. The van der Waals surface area contributed by atoms with Gasteiger partial charge in [-0.1, -0.05) is 63.6 Å². The van der Waals surface area contributed by atoms with Gasteiger partial charge in [-0.15, -0.1) is 0 Å². The number of rotatable bonds is 4. The van der Waals surface area contributed by atoms with Crippen LogP contribution in [-0.4, -0.2) is 5.13 Å². The van der Waals surface area contributed by atoms with Crippen LogP contribution < -0.4 is 0 Å². The Morgan fingerprint density at radius 1 is 1.00 bits per heavy atom. The van der Waals surface area contributed by atoms with E-state index >= 15 is 0 Å². The van der Waals surface area contributed by atoms with E-state index < -0.39 is 10.5 Å². The van der Waals surface area contributed by atoms with Gasteiger partial charge in [0.2, 0.25) is 0 Å². The van der Waals surface area contributed by atoms with Gasteiger partial charge in [-0.3, -0.25) is 0 Å². The zero-order valence-electron chi connectivity index (χ0n) is 11.3. The van der Waals surface area contributed by atoms with Crippen molar-refractivity contribution in [3.63, 3.8) is 0 Å². The third kappa shape index (κ3) is 4.29. The van der Waals surface area contributed by atoms with E-state index in [1.54, 1.807) is 0 Å². The van der Waals surface area contributed by atoms with E-state index in [1.165, 1.54) is 0 Å². The highest BCUT2D eigenvalue weighted by Crippen LogP contribution is 2.46. The van der Waals surface area contributed by atoms with Crippen molar-refractivity contribution in [3.05, 3.63) is 24.3 Å². The monoisotopic (exact) mass is 246 g/mol. The number of hydrogen-bond donors (Lipinski definition) is 0. The second kappa shape index (κ2) is 5.35. The molecule has 0 nitrogen and oxygen atoms in total. The van der Waals surface area contributed by atoms with Crippen molar-refractivity contribution in [1.82, 2.24) is 0 Å². The number of allylic oxidation sites excluding steroid dienone is 4. The molecular weight excluding hydrogens is 223 g/mol. The van der Waals surface area contributed by atoms with Crippen molar-refractivity contribution in [1.29, 1.82) is 0 Å². The molecule has 0 aromatic rings. The maximum atomic E-state index is 14.4. The Morgan fingerprint density at radius 2 is 1.38 bits per heavy atom. The first-order valence-electron chi connectivity index (χ1n) is 5.73. The van der Waals surface area contributed by atoms with E-state index in [1.807, 2.05) is 65.8 Å². The Kier molecular flexibility index (Phi) is 5.25. The van der Waals surface area contributed by atoms with Gasteiger partial charge in [-0.25, -0.2) is 4.39 Å². The Morgan fingerprint density at radius 3 is 1.62 bits per heavy atom. The van der Waals surface area contributed by atoms with Crippen LogP contribution in [0.5, 0.6) is 0 Å². The molecule has 0 amide bonds. The first-order valence-corrected chi connectivity index (χ1v) is 6.11. The highest BCUT2D eigenvalue weighted by atomic mass is 35.5. The summed E-state index contributed by atoms with van der Waals surface area (Å²) in [5, 5.41) is -1.71. The Hall–Kier alpha value is -0.300. The van der Waals surface area contributed by atoms with Crippen LogP contribution in [0.2, 0.25) is 0 Å². The van der Waals surface area contributed by atoms with E-state index in [0.29, 0.717) is 0 Å². The molecule has 16 heavy (non-hydrogen) atoms. The first kappa shape index (κ1) is 15.7. The second-order valence-electron chi connectivity index (χ2n) is 5.64. The minimum atomic E-state index is -1.71. The highest BCUT2D eigenvalue weighted by molar-refractivity contribution is 6.23. The minimum Gasteiger partial charge on any atom is -0.226 e. The van der Waals surface area contributed by atoms with Crippen LogP contribution in [0.15, 0.2) is 24.3 Å². The molecule has 2 heteroatoms. The standard InChI is InChI=1S/C14H24ClF/c1-7-9-13(6,10-8-2)11-14(15,16)12(3,4)5/h7-10H,11H2,1-6H3. The predicted octanol–water partition coefficient (Wildman–Crippen LogP) is 5.49. The molecular formula is C14H24ClF. The molecule has 0 rings (SSSR count). The molecule has 0 aromatic carbocycles. The molecule has 94 valence electrons. The van der Waals surface area contributed by atoms with E-state index in [0.717, 1.165) is 0 Å². The lowest BCUT2D eigenvalue weighted by Gasteiger charge is -2.37. The van der Waals surface area contributed by atoms with E-state index in [2.05, 4.69) is 0 Å². The lowest BCUT2D eigenvalue weighted by atomic mass is 9.76. The van der Waals surface area contributed by atoms with E-state index in [4.69, 9.17) is 11.6 Å². The van der Waals surface area contributed by atoms with Gasteiger partial charge in [0.05, 0.1) is 0 Å². The summed E-state index contributed by atoms with van der Waals surface area (Å²) in [6.07, 6.45) is 8.15. The number of halogens is 2. The molecule has 0 N–H and O–H groups in total. The molecule has 0 fully saturated rings. The molecule has 0 aliphatic heterocycles. The summed E-state index contributed by atoms with van der Waals surface area (Å²) in [4.78, 5) is 0. The molecule has 1 atom stereocenters. The van der Waals surface area contributed by atoms with Gasteiger partial charge in [0, 0.05) is 17.3 Å². The molecule has 0 saturated heterocycles. The summed E-state index contributed by atoms with van der Waals surface area (Å²) in [7, 11) is 0. The smallest absolute Gasteiger partial charge is 0.189 e. The quantitative estimate of drug-likeness (QED) is 0.455. The van der Waals surface area contributed by atoms with Gasteiger partial charge < -0.3 is 0 Å². The topological polar surface area (TPSA) is 0 Å². The summed E-state index contributed by atoms with van der Waals surface area (Å²) in [6, 6.07) is 0. The van der Waals surface area contributed by atoms with Crippen molar-refractivity contribution in [3.8, 4) is 0 Å². The van der Waals surface area contributed by atoms with Crippen LogP contribution in [0.3, 0.4) is 0 Å². The van der Waals surface area contributed by atoms with Crippen LogP contribution >= 0.6 is 11.6 Å². The number of alkyl halides is 2. The average Bonchev–Trinajstić information content (AvgIpc) is 2.00. The number of hydrogen-bond acceptors (Lipinski definition) is 0. The van der Waals surface area contributed by atoms with Crippen molar-refractivity contribution in [2.75, 3.05) is 0 Å². The second-order valence-corrected chi connectivity index (χ2v) is 6.24. The zero-order chi connectivity index (χ0) is 13.0. The molecule has 0 aliphatic rings. The van der Waals surface area contributed by atoms with Gasteiger partial charge in [0.25, 0.3) is 0 Å². The van der Waals surface area contributed by atoms with Crippen LogP contribution in [0.4, 0.5) is 4.39 Å². The molecule has 0 aliphatic carbocycles. The summed E-state index contributed by atoms with van der Waals surface area (Å²) in [5.41, 5.74) is -0.897. The van der Waals surface area contributed by atoms with Gasteiger partial charge in [0.1, 0.15) is 0 Å². The summed E-state index contributed by atoms with van der Waals surface area (Å²) < 4.78 is 14.4. The van der Waals surface area contributed by atoms with Crippen LogP contribution in [0.25, 0.3) is 0 Å². The van der Waals surface area contributed by atoms with Crippen molar-refractivity contribution < 1.29 is 4.39 Å². The fraction of sp³-hybridized carbons (Fsp3) is 0.714. The summed E-state index contributed by atoms with van der Waals surface area (Å²) >= 11 is 6.03. The van der Waals surface area contributed by atoms with Crippen LogP contribution in [0.1, 0.15) is 48.0 Å². The third-order valence-electron chi connectivity index (χ3n) is 2.80. The van der Waals surface area contributed by atoms with Gasteiger partial charge in [0.15, 0.2) is 5.13 Å². The lowest BCUT2D eigenvalue weighted by molar-refractivity contribution is 0.0836. The molecule has 0 radical (unpaired) electrons. The highest BCUT2D eigenvalue weighted by Gasteiger charge is 2.44. The molecule has 1 unspecified atom stereocenters. The molecule has 0 bridgehead atoms. The lowest BCUT2D eigenvalue weighted by Crippen LogP contribution is -2.37. The van der Waals surface area contributed by atoms with Crippen LogP contribution in [0, 0.1) is 10.8 Å². The molecule has 0 spiro atoms. The first-order chi connectivity index (χ1) is 7.08. The predicted molar refractivity (Wildman–Crippen MR) is 71.5 cm³/mol. The fourth-order valence-corrected chi connectivity index (χ4v) is 1.97. The maximum Gasteiger partial charge on any atom is 0.189 e. The third-order valence-corrected chi connectivity index (χ3v) is 3.50. The van der Waals surface area contributed by atoms with Crippen molar-refractivity contribution in [2.45, 2.75) is 53.1 Å². The van der Waals surface area contributed by atoms with Gasteiger partial charge in [-0.05, 0) is 13.8 Å². The Bertz CT molecular complexity index is 257. The van der Waals surface area contributed by atoms with Gasteiger partial charge >= 0.3 is 0 Å².